The predicted molar refractivity (Wildman–Crippen MR) is 43.4 cm³/mol. The molecule has 0 amide bonds. The molecule has 0 saturated carbocycles. The second-order valence-electron chi connectivity index (χ2n) is 4.46. The minimum Gasteiger partial charge on any atom is -0.414 e. The Morgan fingerprint density at radius 3 is 1.78 bits per heavy atom. The number of nitrogens with zero attached hydrogens (tertiary/aromatic N) is 2. The number of hydrogen-bond donors (Lipinski definition) is 0. The standard InChI is InChI=1S/C5H16B2N2/c1-8(2)5-6-9(3,4)7-8/h6-7H,5H2,1-4H3/q+2. The smallest absolute Gasteiger partial charge is 0.414 e. The van der Waals surface area contributed by atoms with Gasteiger partial charge in [0.25, 0.3) is 0 Å². The van der Waals surface area contributed by atoms with Crippen molar-refractivity contribution >= 4 is 15.0 Å². The molecule has 0 atom stereocenters. The van der Waals surface area contributed by atoms with Crippen LogP contribution in [0.1, 0.15) is 0 Å². The van der Waals surface area contributed by atoms with Crippen molar-refractivity contribution in [2.45, 2.75) is 0 Å². The van der Waals surface area contributed by atoms with Gasteiger partial charge in [-0.1, -0.05) is 0 Å². The largest absolute Gasteiger partial charge is 0.635 e. The Bertz CT molecular complexity index is 108. The molecule has 1 aliphatic rings. The molecule has 0 spiro atoms. The molecular weight excluding hydrogens is 110 g/mol. The molecule has 0 aromatic heterocycles. The average Bonchev–Trinajstić information content (AvgIpc) is 1.78. The Labute approximate surface area is 59.2 Å². The summed E-state index contributed by atoms with van der Waals surface area (Å²) in [7, 11) is 11.8. The Morgan fingerprint density at radius 1 is 1.11 bits per heavy atom. The highest BCUT2D eigenvalue weighted by Gasteiger charge is 2.44. The van der Waals surface area contributed by atoms with Crippen molar-refractivity contribution in [3.63, 3.8) is 0 Å². The molecule has 0 aliphatic carbocycles. The molecule has 1 rings (SSSR count). The fourth-order valence-corrected chi connectivity index (χ4v) is 1.72. The van der Waals surface area contributed by atoms with E-state index in [1.54, 1.807) is 0 Å². The Morgan fingerprint density at radius 2 is 1.67 bits per heavy atom. The zero-order valence-corrected chi connectivity index (χ0v) is 7.02. The van der Waals surface area contributed by atoms with Crippen LogP contribution in [0.4, 0.5) is 0 Å². The van der Waals surface area contributed by atoms with Gasteiger partial charge in [-0.3, -0.25) is 0 Å². The molecule has 1 saturated heterocycles. The summed E-state index contributed by atoms with van der Waals surface area (Å²) >= 11 is 0. The first-order valence-corrected chi connectivity index (χ1v) is 3.55. The molecule has 0 aromatic carbocycles. The Hall–Kier alpha value is 0.0499. The lowest BCUT2D eigenvalue weighted by Crippen LogP contribution is -2.48. The minimum atomic E-state index is 1.19. The van der Waals surface area contributed by atoms with Gasteiger partial charge in [-0.15, -0.1) is 0 Å². The first kappa shape index (κ1) is 7.16. The second kappa shape index (κ2) is 1.77. The third kappa shape index (κ3) is 1.73. The summed E-state index contributed by atoms with van der Waals surface area (Å²) in [6, 6.07) is 0. The summed E-state index contributed by atoms with van der Waals surface area (Å²) in [5, 5.41) is 0. The predicted octanol–water partition coefficient (Wildman–Crippen LogP) is -1.27. The van der Waals surface area contributed by atoms with Crippen LogP contribution in [0, 0.1) is 0 Å². The Kier molecular flexibility index (Phi) is 1.41. The van der Waals surface area contributed by atoms with E-state index in [9.17, 15) is 0 Å². The lowest BCUT2D eigenvalue weighted by atomic mass is 9.88. The number of rotatable bonds is 0. The maximum atomic E-state index is 2.30. The fraction of sp³-hybridized carbons (Fsp3) is 1.00. The molecule has 1 heterocycles. The third-order valence-electron chi connectivity index (χ3n) is 2.08. The van der Waals surface area contributed by atoms with E-state index in [0.29, 0.717) is 0 Å². The van der Waals surface area contributed by atoms with Crippen molar-refractivity contribution in [1.82, 2.24) is 0 Å². The van der Waals surface area contributed by atoms with E-state index in [1.165, 1.54) is 30.1 Å². The van der Waals surface area contributed by atoms with Crippen molar-refractivity contribution in [3.05, 3.63) is 0 Å². The molecule has 0 aromatic rings. The van der Waals surface area contributed by atoms with Crippen molar-refractivity contribution in [3.8, 4) is 0 Å². The van der Waals surface area contributed by atoms with Crippen LogP contribution in [0.2, 0.25) is 0 Å². The zero-order chi connectivity index (χ0) is 7.12. The zero-order valence-electron chi connectivity index (χ0n) is 7.02. The van der Waals surface area contributed by atoms with E-state index in [4.69, 9.17) is 0 Å². The van der Waals surface area contributed by atoms with E-state index in [1.807, 2.05) is 0 Å². The summed E-state index contributed by atoms with van der Waals surface area (Å²) in [6.07, 6.45) is 1.33. The SMILES string of the molecule is C[N+]1(C)BC[N+](C)(C)B1. The van der Waals surface area contributed by atoms with Gasteiger partial charge in [0.15, 0.2) is 0 Å². The second-order valence-corrected chi connectivity index (χ2v) is 4.46. The lowest BCUT2D eigenvalue weighted by molar-refractivity contribution is -0.806. The average molecular weight is 126 g/mol. The van der Waals surface area contributed by atoms with Gasteiger partial charge in [-0.25, -0.2) is 0 Å². The van der Waals surface area contributed by atoms with Gasteiger partial charge in [0.2, 0.25) is 0 Å². The van der Waals surface area contributed by atoms with E-state index < -0.39 is 0 Å². The molecule has 0 bridgehead atoms. The van der Waals surface area contributed by atoms with Crippen molar-refractivity contribution in [2.75, 3.05) is 34.6 Å². The fourth-order valence-electron chi connectivity index (χ4n) is 1.72. The minimum absolute atomic E-state index is 1.19. The van der Waals surface area contributed by atoms with Gasteiger partial charge < -0.3 is 8.70 Å². The number of hydrogen-bond acceptors (Lipinski definition) is 0. The van der Waals surface area contributed by atoms with E-state index in [-0.39, 0.29) is 0 Å². The topological polar surface area (TPSA) is 0 Å². The van der Waals surface area contributed by atoms with E-state index >= 15 is 0 Å². The van der Waals surface area contributed by atoms with Crippen LogP contribution >= 0.6 is 0 Å². The van der Waals surface area contributed by atoms with Crippen molar-refractivity contribution in [1.29, 1.82) is 0 Å². The first-order chi connectivity index (χ1) is 3.91. The molecule has 1 fully saturated rings. The molecule has 1 aliphatic heterocycles. The highest BCUT2D eigenvalue weighted by atomic mass is 15.4. The summed E-state index contributed by atoms with van der Waals surface area (Å²) in [5.74, 6) is 0. The lowest BCUT2D eigenvalue weighted by Gasteiger charge is -2.24. The molecule has 9 heavy (non-hydrogen) atoms. The van der Waals surface area contributed by atoms with Crippen LogP contribution in [-0.2, 0) is 0 Å². The van der Waals surface area contributed by atoms with Gasteiger partial charge >= 0.3 is 15.0 Å². The van der Waals surface area contributed by atoms with Crippen LogP contribution in [-0.4, -0.2) is 58.3 Å². The highest BCUT2D eigenvalue weighted by Crippen LogP contribution is 2.08. The molecule has 4 heteroatoms. The summed E-state index contributed by atoms with van der Waals surface area (Å²) in [5.41, 5.74) is 0. The van der Waals surface area contributed by atoms with Crippen LogP contribution in [0.25, 0.3) is 0 Å². The maximum Gasteiger partial charge on any atom is 0.635 e. The van der Waals surface area contributed by atoms with E-state index in [2.05, 4.69) is 28.2 Å². The summed E-state index contributed by atoms with van der Waals surface area (Å²) < 4.78 is 2.38. The van der Waals surface area contributed by atoms with Gasteiger partial charge in [0.1, 0.15) is 6.44 Å². The third-order valence-corrected chi connectivity index (χ3v) is 2.08. The van der Waals surface area contributed by atoms with Crippen LogP contribution < -0.4 is 0 Å². The maximum absolute atomic E-state index is 2.30. The van der Waals surface area contributed by atoms with Gasteiger partial charge in [0, 0.05) is 14.1 Å². The monoisotopic (exact) mass is 126 g/mol. The molecule has 0 unspecified atom stereocenters. The summed E-state index contributed by atoms with van der Waals surface area (Å²) in [6.45, 7) is 0. The van der Waals surface area contributed by atoms with Gasteiger partial charge in [-0.2, -0.15) is 0 Å². The van der Waals surface area contributed by atoms with Crippen LogP contribution in [0.3, 0.4) is 0 Å². The highest BCUT2D eigenvalue weighted by molar-refractivity contribution is 6.41. The van der Waals surface area contributed by atoms with Gasteiger partial charge in [0.05, 0.1) is 14.1 Å². The van der Waals surface area contributed by atoms with Crippen molar-refractivity contribution < 1.29 is 8.70 Å². The Balaban J connectivity index is 2.58. The molecular formula is C5H16B2N2+2. The molecule has 50 valence electrons. The van der Waals surface area contributed by atoms with Crippen LogP contribution in [0.15, 0.2) is 0 Å². The molecule has 0 radical (unpaired) electrons. The first-order valence-electron chi connectivity index (χ1n) is 3.55. The van der Waals surface area contributed by atoms with Gasteiger partial charge in [-0.05, 0) is 0 Å². The van der Waals surface area contributed by atoms with Crippen LogP contribution in [0.5, 0.6) is 0 Å². The molecule has 0 N–H and O–H groups in total. The molecule has 2 nitrogen and oxygen atoms in total. The number of quaternary nitrogens is 2. The normalized spacial score (nSPS) is 28.9. The summed E-state index contributed by atoms with van der Waals surface area (Å²) in [4.78, 5) is 0. The quantitative estimate of drug-likeness (QED) is 0.355. The van der Waals surface area contributed by atoms with Crippen molar-refractivity contribution in [2.24, 2.45) is 0 Å². The van der Waals surface area contributed by atoms with E-state index in [0.717, 1.165) is 0 Å².